The van der Waals surface area contributed by atoms with Gasteiger partial charge in [0.15, 0.2) is 6.10 Å². The van der Waals surface area contributed by atoms with Crippen LogP contribution < -0.4 is 5.32 Å². The number of amides is 1. The van der Waals surface area contributed by atoms with Gasteiger partial charge in [-0.15, -0.1) is 0 Å². The zero-order valence-corrected chi connectivity index (χ0v) is 13.3. The Morgan fingerprint density at radius 3 is 2.33 bits per heavy atom. The lowest BCUT2D eigenvalue weighted by atomic mass is 10.1. The number of aliphatic hydroxyl groups is 1. The van der Waals surface area contributed by atoms with E-state index in [1.807, 2.05) is 31.2 Å². The predicted molar refractivity (Wildman–Crippen MR) is 89.5 cm³/mol. The van der Waals surface area contributed by atoms with Crippen LogP contribution in [-0.2, 0) is 15.9 Å². The van der Waals surface area contributed by atoms with Crippen LogP contribution in [0.3, 0.4) is 0 Å². The molecular weight excluding hydrogens is 309 g/mol. The normalized spacial score (nSPS) is 13.2. The highest BCUT2D eigenvalue weighted by molar-refractivity contribution is 6.32. The molecule has 0 radical (unpaired) electrons. The number of rotatable bonds is 7. The van der Waals surface area contributed by atoms with E-state index in [-0.39, 0.29) is 6.42 Å². The van der Waals surface area contributed by atoms with E-state index in [0.29, 0.717) is 5.56 Å². The van der Waals surface area contributed by atoms with Gasteiger partial charge in [0, 0.05) is 6.42 Å². The van der Waals surface area contributed by atoms with E-state index in [2.05, 4.69) is 5.32 Å². The highest BCUT2D eigenvalue weighted by atomic mass is 16.6. The topological polar surface area (TPSA) is 99.0 Å². The number of aliphatic hydroxyl groups excluding tert-OH is 1. The van der Waals surface area contributed by atoms with Crippen LogP contribution in [0.1, 0.15) is 22.8 Å². The van der Waals surface area contributed by atoms with Crippen LogP contribution in [-0.4, -0.2) is 34.6 Å². The van der Waals surface area contributed by atoms with E-state index < -0.39 is 25.6 Å². The van der Waals surface area contributed by atoms with Crippen molar-refractivity contribution in [3.05, 3.63) is 71.3 Å². The van der Waals surface area contributed by atoms with Crippen LogP contribution in [0.25, 0.3) is 0 Å². The maximum absolute atomic E-state index is 12.2. The molecule has 0 unspecified atom stereocenters. The second kappa shape index (κ2) is 8.61. The monoisotopic (exact) mass is 329 g/mol. The summed E-state index contributed by atoms with van der Waals surface area (Å²) < 4.78 is 4.91. The third-order valence-corrected chi connectivity index (χ3v) is 3.49. The van der Waals surface area contributed by atoms with Gasteiger partial charge in [-0.2, -0.15) is 0 Å². The van der Waals surface area contributed by atoms with Crippen molar-refractivity contribution < 1.29 is 24.6 Å². The van der Waals surface area contributed by atoms with Gasteiger partial charge in [-0.25, -0.2) is 0 Å². The van der Waals surface area contributed by atoms with Crippen molar-refractivity contribution in [2.45, 2.75) is 25.7 Å². The molecule has 0 aromatic heterocycles. The Bertz CT molecular complexity index is 648. The smallest absolute Gasteiger partial charge is 0.402 e. The van der Waals surface area contributed by atoms with E-state index in [1.54, 1.807) is 30.3 Å². The molecule has 0 heterocycles. The highest BCUT2D eigenvalue weighted by Crippen LogP contribution is 2.13. The lowest BCUT2D eigenvalue weighted by Gasteiger charge is -2.21. The second-order valence-corrected chi connectivity index (χ2v) is 5.46. The SMILES string of the molecule is Cc1ccc(C[C@H](NC(=O)[C@@H](O)c2ccccc2)OB(O)O)cc1. The fraction of sp³-hybridized carbons (Fsp3) is 0.235. The van der Waals surface area contributed by atoms with Crippen LogP contribution >= 0.6 is 0 Å². The maximum Gasteiger partial charge on any atom is 0.635 e. The summed E-state index contributed by atoms with van der Waals surface area (Å²) in [6, 6.07) is 16.0. The molecule has 7 heteroatoms. The van der Waals surface area contributed by atoms with Gasteiger partial charge in [-0.05, 0) is 18.1 Å². The van der Waals surface area contributed by atoms with E-state index in [9.17, 15) is 9.90 Å². The number of carbonyl (C=O) groups is 1. The van der Waals surface area contributed by atoms with Crippen molar-refractivity contribution >= 4 is 13.2 Å². The van der Waals surface area contributed by atoms with Crippen molar-refractivity contribution in [3.63, 3.8) is 0 Å². The molecule has 0 aliphatic rings. The van der Waals surface area contributed by atoms with Gasteiger partial charge in [0.05, 0.1) is 0 Å². The number of aryl methyl sites for hydroxylation is 1. The quantitative estimate of drug-likeness (QED) is 0.443. The van der Waals surface area contributed by atoms with E-state index in [1.165, 1.54) is 0 Å². The third-order valence-electron chi connectivity index (χ3n) is 3.49. The second-order valence-electron chi connectivity index (χ2n) is 5.46. The summed E-state index contributed by atoms with van der Waals surface area (Å²) in [6.07, 6.45) is -2.13. The molecule has 126 valence electrons. The summed E-state index contributed by atoms with van der Waals surface area (Å²) >= 11 is 0. The van der Waals surface area contributed by atoms with Gasteiger partial charge >= 0.3 is 7.32 Å². The summed E-state index contributed by atoms with van der Waals surface area (Å²) in [7, 11) is -2.03. The third kappa shape index (κ3) is 5.47. The number of benzene rings is 2. The fourth-order valence-electron chi connectivity index (χ4n) is 2.24. The minimum Gasteiger partial charge on any atom is -0.402 e. The molecule has 2 atom stereocenters. The first-order valence-electron chi connectivity index (χ1n) is 7.56. The van der Waals surface area contributed by atoms with Crippen molar-refractivity contribution in [2.75, 3.05) is 0 Å². The van der Waals surface area contributed by atoms with Gasteiger partial charge in [0.2, 0.25) is 0 Å². The van der Waals surface area contributed by atoms with Gasteiger partial charge < -0.3 is 25.1 Å². The molecule has 4 N–H and O–H groups in total. The molecule has 2 aromatic rings. The average molecular weight is 329 g/mol. The molecular formula is C17H20BNO5. The van der Waals surface area contributed by atoms with Gasteiger partial charge in [-0.3, -0.25) is 4.79 Å². The number of nitrogens with one attached hydrogen (secondary N) is 1. The van der Waals surface area contributed by atoms with Crippen LogP contribution in [0.4, 0.5) is 0 Å². The highest BCUT2D eigenvalue weighted by Gasteiger charge is 2.24. The first-order chi connectivity index (χ1) is 11.5. The largest absolute Gasteiger partial charge is 0.635 e. The Morgan fingerprint density at radius 2 is 1.75 bits per heavy atom. The summed E-state index contributed by atoms with van der Waals surface area (Å²) in [6.45, 7) is 1.95. The Kier molecular flexibility index (Phi) is 6.51. The minimum absolute atomic E-state index is 0.227. The summed E-state index contributed by atoms with van der Waals surface area (Å²) in [5.74, 6) is -0.682. The fourth-order valence-corrected chi connectivity index (χ4v) is 2.24. The van der Waals surface area contributed by atoms with E-state index in [4.69, 9.17) is 14.7 Å². The molecule has 0 saturated heterocycles. The average Bonchev–Trinajstić information content (AvgIpc) is 2.56. The molecule has 0 saturated carbocycles. The minimum atomic E-state index is -2.03. The van der Waals surface area contributed by atoms with E-state index >= 15 is 0 Å². The summed E-state index contributed by atoms with van der Waals surface area (Å²) in [5, 5.41) is 30.6. The van der Waals surface area contributed by atoms with Crippen LogP contribution in [0.2, 0.25) is 0 Å². The summed E-state index contributed by atoms with van der Waals surface area (Å²) in [5.41, 5.74) is 2.37. The number of hydrogen-bond acceptors (Lipinski definition) is 5. The Morgan fingerprint density at radius 1 is 1.12 bits per heavy atom. The lowest BCUT2D eigenvalue weighted by Crippen LogP contribution is -2.44. The van der Waals surface area contributed by atoms with Crippen LogP contribution in [0.5, 0.6) is 0 Å². The molecule has 0 bridgehead atoms. The molecule has 0 spiro atoms. The first-order valence-corrected chi connectivity index (χ1v) is 7.56. The predicted octanol–water partition coefficient (Wildman–Crippen LogP) is 0.700. The molecule has 6 nitrogen and oxygen atoms in total. The molecule has 2 aromatic carbocycles. The number of hydrogen-bond donors (Lipinski definition) is 4. The van der Waals surface area contributed by atoms with Crippen molar-refractivity contribution in [3.8, 4) is 0 Å². The molecule has 1 amide bonds. The van der Waals surface area contributed by atoms with Gasteiger partial charge in [0.25, 0.3) is 5.91 Å². The molecule has 2 rings (SSSR count). The number of carbonyl (C=O) groups excluding carboxylic acids is 1. The van der Waals surface area contributed by atoms with Crippen molar-refractivity contribution in [1.29, 1.82) is 0 Å². The zero-order valence-electron chi connectivity index (χ0n) is 13.3. The van der Waals surface area contributed by atoms with Crippen molar-refractivity contribution in [1.82, 2.24) is 5.32 Å². The van der Waals surface area contributed by atoms with Gasteiger partial charge in [-0.1, -0.05) is 60.2 Å². The Hall–Kier alpha value is -2.19. The molecule has 0 aliphatic carbocycles. The van der Waals surface area contributed by atoms with Crippen LogP contribution in [0.15, 0.2) is 54.6 Å². The standard InChI is InChI=1S/C17H20BNO5/c1-12-7-9-13(10-8-12)11-15(24-18(22)23)19-17(21)16(20)14-5-3-2-4-6-14/h2-10,15-16,20,22-23H,11H2,1H3,(H,19,21)/t15-,16+/m1/s1. The Labute approximate surface area is 140 Å². The van der Waals surface area contributed by atoms with Crippen LogP contribution in [0, 0.1) is 6.92 Å². The molecule has 0 aliphatic heterocycles. The summed E-state index contributed by atoms with van der Waals surface area (Å²) in [4.78, 5) is 12.2. The maximum atomic E-state index is 12.2. The molecule has 24 heavy (non-hydrogen) atoms. The lowest BCUT2D eigenvalue weighted by molar-refractivity contribution is -0.132. The molecule has 0 fully saturated rings. The zero-order chi connectivity index (χ0) is 17.5. The van der Waals surface area contributed by atoms with Gasteiger partial charge in [0.1, 0.15) is 6.23 Å². The van der Waals surface area contributed by atoms with Crippen molar-refractivity contribution in [2.24, 2.45) is 0 Å². The Balaban J connectivity index is 2.04. The van der Waals surface area contributed by atoms with E-state index in [0.717, 1.165) is 11.1 Å². The first kappa shape index (κ1) is 18.2.